The molecule has 0 bridgehead atoms. The number of benzene rings is 1. The number of hydrogen-bond donors (Lipinski definition) is 2. The molecular weight excluding hydrogens is 188 g/mol. The Kier molecular flexibility index (Phi) is 4.98. The molecule has 84 valence electrons. The summed E-state index contributed by atoms with van der Waals surface area (Å²) < 4.78 is 0. The molecule has 0 saturated heterocycles. The Labute approximate surface area is 91.5 Å². The van der Waals surface area contributed by atoms with Crippen LogP contribution in [0.4, 0.5) is 5.69 Å². The highest BCUT2D eigenvalue weighted by atomic mass is 16.3. The van der Waals surface area contributed by atoms with Crippen molar-refractivity contribution in [2.45, 2.75) is 32.6 Å². The van der Waals surface area contributed by atoms with Crippen LogP contribution >= 0.6 is 0 Å². The second-order valence-corrected chi connectivity index (χ2v) is 3.74. The van der Waals surface area contributed by atoms with Crippen molar-refractivity contribution in [3.05, 3.63) is 24.3 Å². The minimum atomic E-state index is 0.246. The lowest BCUT2D eigenvalue weighted by Crippen LogP contribution is -2.31. The minimum Gasteiger partial charge on any atom is -0.506 e. The average molecular weight is 208 g/mol. The molecule has 0 aliphatic heterocycles. The number of anilines is 1. The van der Waals surface area contributed by atoms with Crippen LogP contribution in [0.3, 0.4) is 0 Å². The second-order valence-electron chi connectivity index (χ2n) is 3.74. The van der Waals surface area contributed by atoms with E-state index in [9.17, 15) is 5.11 Å². The highest BCUT2D eigenvalue weighted by Crippen LogP contribution is 2.24. The Bertz CT molecular complexity index is 289. The van der Waals surface area contributed by atoms with Crippen LogP contribution in [-0.4, -0.2) is 11.7 Å². The molecule has 0 unspecified atom stereocenters. The van der Waals surface area contributed by atoms with Gasteiger partial charge in [-0.1, -0.05) is 38.3 Å². The number of nitrogens with two attached hydrogens (primary N) is 1. The molecule has 1 aromatic carbocycles. The van der Waals surface area contributed by atoms with Crippen molar-refractivity contribution < 1.29 is 5.11 Å². The van der Waals surface area contributed by atoms with Gasteiger partial charge in [0.2, 0.25) is 0 Å². The van der Waals surface area contributed by atoms with Gasteiger partial charge in [-0.3, -0.25) is 0 Å². The fourth-order valence-electron chi connectivity index (χ4n) is 1.54. The lowest BCUT2D eigenvalue weighted by Gasteiger charge is -2.19. The van der Waals surface area contributed by atoms with Gasteiger partial charge in [0.1, 0.15) is 5.75 Å². The number of phenolic OH excluding ortho intramolecular Hbond substituents is 1. The molecule has 0 spiro atoms. The van der Waals surface area contributed by atoms with Gasteiger partial charge in [0.25, 0.3) is 0 Å². The van der Waals surface area contributed by atoms with E-state index in [0.29, 0.717) is 5.69 Å². The van der Waals surface area contributed by atoms with E-state index in [1.165, 1.54) is 19.3 Å². The number of para-hydroxylation sites is 2. The average Bonchev–Trinajstić information content (AvgIpc) is 2.25. The Balaban J connectivity index is 2.40. The molecule has 0 heterocycles. The maximum atomic E-state index is 9.56. The molecule has 0 fully saturated rings. The molecule has 15 heavy (non-hydrogen) atoms. The van der Waals surface area contributed by atoms with Gasteiger partial charge < -0.3 is 10.1 Å². The summed E-state index contributed by atoms with van der Waals surface area (Å²) in [5.74, 6) is 6.10. The number of rotatable bonds is 6. The first kappa shape index (κ1) is 11.9. The Morgan fingerprint density at radius 2 is 1.93 bits per heavy atom. The normalized spacial score (nSPS) is 10.3. The van der Waals surface area contributed by atoms with E-state index in [1.54, 1.807) is 17.1 Å². The van der Waals surface area contributed by atoms with Crippen molar-refractivity contribution in [3.8, 4) is 5.75 Å². The fourth-order valence-corrected chi connectivity index (χ4v) is 1.54. The molecule has 0 saturated carbocycles. The lowest BCUT2D eigenvalue weighted by atomic mass is 10.2. The molecule has 3 N–H and O–H groups in total. The quantitative estimate of drug-likeness (QED) is 0.429. The van der Waals surface area contributed by atoms with Gasteiger partial charge in [-0.05, 0) is 18.6 Å². The second kappa shape index (κ2) is 6.30. The van der Waals surface area contributed by atoms with Crippen molar-refractivity contribution in [1.29, 1.82) is 0 Å². The fraction of sp³-hybridized carbons (Fsp3) is 0.500. The number of nitrogens with zero attached hydrogens (tertiary/aromatic N) is 1. The molecule has 0 amide bonds. The molecule has 0 radical (unpaired) electrons. The van der Waals surface area contributed by atoms with Gasteiger partial charge in [0, 0.05) is 6.54 Å². The first-order valence-corrected chi connectivity index (χ1v) is 5.56. The number of phenols is 1. The van der Waals surface area contributed by atoms with Crippen LogP contribution in [0.25, 0.3) is 0 Å². The smallest absolute Gasteiger partial charge is 0.140 e. The summed E-state index contributed by atoms with van der Waals surface area (Å²) in [4.78, 5) is 0. The number of aromatic hydroxyl groups is 1. The number of hydrazine groups is 1. The maximum Gasteiger partial charge on any atom is 0.140 e. The summed E-state index contributed by atoms with van der Waals surface area (Å²) in [6, 6.07) is 7.15. The molecule has 0 aromatic heterocycles. The van der Waals surface area contributed by atoms with Crippen LogP contribution in [-0.2, 0) is 0 Å². The standard InChI is InChI=1S/C12H20N2O/c1-2-3-4-7-10-14(13)11-8-5-6-9-12(11)15/h5-6,8-9,15H,2-4,7,10,13H2,1H3. The van der Waals surface area contributed by atoms with Gasteiger partial charge >= 0.3 is 0 Å². The molecule has 0 aliphatic carbocycles. The summed E-state index contributed by atoms with van der Waals surface area (Å²) in [5.41, 5.74) is 0.703. The highest BCUT2D eigenvalue weighted by Gasteiger charge is 2.05. The van der Waals surface area contributed by atoms with E-state index in [0.717, 1.165) is 13.0 Å². The third-order valence-electron chi connectivity index (χ3n) is 2.44. The summed E-state index contributed by atoms with van der Waals surface area (Å²) in [7, 11) is 0. The van der Waals surface area contributed by atoms with Crippen molar-refractivity contribution in [1.82, 2.24) is 0 Å². The van der Waals surface area contributed by atoms with Crippen LogP contribution in [0.5, 0.6) is 5.75 Å². The highest BCUT2D eigenvalue weighted by molar-refractivity contribution is 5.56. The zero-order chi connectivity index (χ0) is 11.1. The Morgan fingerprint density at radius 1 is 1.20 bits per heavy atom. The minimum absolute atomic E-state index is 0.246. The monoisotopic (exact) mass is 208 g/mol. The molecule has 1 aromatic rings. The van der Waals surface area contributed by atoms with Crippen LogP contribution < -0.4 is 10.9 Å². The topological polar surface area (TPSA) is 49.5 Å². The van der Waals surface area contributed by atoms with Gasteiger partial charge in [-0.15, -0.1) is 0 Å². The van der Waals surface area contributed by atoms with Gasteiger partial charge in [0.05, 0.1) is 5.69 Å². The van der Waals surface area contributed by atoms with Gasteiger partial charge in [-0.2, -0.15) is 0 Å². The van der Waals surface area contributed by atoms with E-state index >= 15 is 0 Å². The molecular formula is C12H20N2O. The van der Waals surface area contributed by atoms with Crippen molar-refractivity contribution >= 4 is 5.69 Å². The van der Waals surface area contributed by atoms with Crippen molar-refractivity contribution in [2.75, 3.05) is 11.6 Å². The lowest BCUT2D eigenvalue weighted by molar-refractivity contribution is 0.473. The SMILES string of the molecule is CCCCCCN(N)c1ccccc1O. The molecule has 0 aliphatic rings. The summed E-state index contributed by atoms with van der Waals surface area (Å²) in [5, 5.41) is 11.2. The summed E-state index contributed by atoms with van der Waals surface area (Å²) >= 11 is 0. The molecule has 0 atom stereocenters. The van der Waals surface area contributed by atoms with Gasteiger partial charge in [-0.25, -0.2) is 5.84 Å². The predicted octanol–water partition coefficient (Wildman–Crippen LogP) is 2.65. The van der Waals surface area contributed by atoms with Crippen LogP contribution in [0.2, 0.25) is 0 Å². The van der Waals surface area contributed by atoms with E-state index in [2.05, 4.69) is 6.92 Å². The van der Waals surface area contributed by atoms with Crippen LogP contribution in [0.1, 0.15) is 32.6 Å². The van der Waals surface area contributed by atoms with Crippen LogP contribution in [0.15, 0.2) is 24.3 Å². The van der Waals surface area contributed by atoms with Crippen molar-refractivity contribution in [2.24, 2.45) is 5.84 Å². The van der Waals surface area contributed by atoms with E-state index in [1.807, 2.05) is 12.1 Å². The Morgan fingerprint density at radius 3 is 2.60 bits per heavy atom. The van der Waals surface area contributed by atoms with E-state index in [-0.39, 0.29) is 5.75 Å². The van der Waals surface area contributed by atoms with Gasteiger partial charge in [0.15, 0.2) is 0 Å². The third-order valence-corrected chi connectivity index (χ3v) is 2.44. The molecule has 3 nitrogen and oxygen atoms in total. The van der Waals surface area contributed by atoms with E-state index < -0.39 is 0 Å². The van der Waals surface area contributed by atoms with Crippen LogP contribution in [0, 0.1) is 0 Å². The zero-order valence-electron chi connectivity index (χ0n) is 9.32. The number of unbranched alkanes of at least 4 members (excludes halogenated alkanes) is 3. The third kappa shape index (κ3) is 3.80. The number of hydrogen-bond acceptors (Lipinski definition) is 3. The molecule has 1 rings (SSSR count). The molecule has 3 heteroatoms. The van der Waals surface area contributed by atoms with E-state index in [4.69, 9.17) is 5.84 Å². The van der Waals surface area contributed by atoms with Crippen molar-refractivity contribution in [3.63, 3.8) is 0 Å². The largest absolute Gasteiger partial charge is 0.506 e. The first-order valence-electron chi connectivity index (χ1n) is 5.56. The maximum absolute atomic E-state index is 9.56. The Hall–Kier alpha value is -1.22. The predicted molar refractivity (Wildman–Crippen MR) is 63.8 cm³/mol. The summed E-state index contributed by atoms with van der Waals surface area (Å²) in [6.45, 7) is 2.97. The first-order chi connectivity index (χ1) is 7.25. The summed E-state index contributed by atoms with van der Waals surface area (Å²) in [6.07, 6.45) is 4.73. The zero-order valence-corrected chi connectivity index (χ0v) is 9.32.